The fourth-order valence-corrected chi connectivity index (χ4v) is 1.52. The number of methoxy groups -OCH3 is 1. The van der Waals surface area contributed by atoms with E-state index in [4.69, 9.17) is 16.3 Å². The molecule has 1 aromatic carbocycles. The molecular formula is C10H11ClO2. The molecule has 0 aliphatic heterocycles. The van der Waals surface area contributed by atoms with Crippen LogP contribution in [0.15, 0.2) is 18.2 Å². The third-order valence-electron chi connectivity index (χ3n) is 1.78. The van der Waals surface area contributed by atoms with E-state index < -0.39 is 0 Å². The van der Waals surface area contributed by atoms with Gasteiger partial charge in [0, 0.05) is 12.7 Å². The van der Waals surface area contributed by atoms with Crippen molar-refractivity contribution in [2.24, 2.45) is 0 Å². The minimum Gasteiger partial charge on any atom is -0.377 e. The van der Waals surface area contributed by atoms with Crippen LogP contribution in [0.3, 0.4) is 0 Å². The van der Waals surface area contributed by atoms with E-state index in [9.17, 15) is 4.79 Å². The first kappa shape index (κ1) is 10.2. The molecule has 0 unspecified atom stereocenters. The van der Waals surface area contributed by atoms with Crippen LogP contribution in [0, 0.1) is 6.92 Å². The van der Waals surface area contributed by atoms with Crippen LogP contribution in [0.5, 0.6) is 0 Å². The fraction of sp³-hybridized carbons (Fsp3) is 0.300. The summed E-state index contributed by atoms with van der Waals surface area (Å²) < 4.78 is 4.76. The van der Waals surface area contributed by atoms with Crippen molar-refractivity contribution in [3.05, 3.63) is 34.3 Å². The van der Waals surface area contributed by atoms with Crippen LogP contribution in [0.2, 0.25) is 5.02 Å². The number of ketones is 1. The van der Waals surface area contributed by atoms with E-state index in [1.54, 1.807) is 6.07 Å². The van der Waals surface area contributed by atoms with E-state index in [0.717, 1.165) is 5.56 Å². The fourth-order valence-electron chi connectivity index (χ4n) is 1.19. The lowest BCUT2D eigenvalue weighted by atomic mass is 10.1. The highest BCUT2D eigenvalue weighted by Crippen LogP contribution is 2.19. The molecule has 0 atom stereocenters. The van der Waals surface area contributed by atoms with Crippen LogP contribution >= 0.6 is 11.6 Å². The zero-order valence-corrected chi connectivity index (χ0v) is 8.39. The first-order valence-corrected chi connectivity index (χ1v) is 4.32. The molecule has 0 fully saturated rings. The van der Waals surface area contributed by atoms with Crippen molar-refractivity contribution in [2.45, 2.75) is 6.92 Å². The number of ether oxygens (including phenoxy) is 1. The van der Waals surface area contributed by atoms with Crippen molar-refractivity contribution >= 4 is 17.4 Å². The second-order valence-electron chi connectivity index (χ2n) is 2.79. The molecule has 1 aromatic rings. The van der Waals surface area contributed by atoms with Gasteiger partial charge in [0.2, 0.25) is 0 Å². The Bertz CT molecular complexity index is 300. The van der Waals surface area contributed by atoms with E-state index >= 15 is 0 Å². The third kappa shape index (κ3) is 2.29. The van der Waals surface area contributed by atoms with Crippen molar-refractivity contribution < 1.29 is 9.53 Å². The summed E-state index contributed by atoms with van der Waals surface area (Å²) in [6.07, 6.45) is 0. The van der Waals surface area contributed by atoms with Crippen LogP contribution in [-0.4, -0.2) is 19.5 Å². The van der Waals surface area contributed by atoms with Gasteiger partial charge in [0.15, 0.2) is 5.78 Å². The van der Waals surface area contributed by atoms with Gasteiger partial charge in [-0.2, -0.15) is 0 Å². The molecule has 0 saturated heterocycles. The van der Waals surface area contributed by atoms with Crippen molar-refractivity contribution in [1.82, 2.24) is 0 Å². The molecule has 0 amide bonds. The summed E-state index contributed by atoms with van der Waals surface area (Å²) >= 11 is 5.88. The second kappa shape index (κ2) is 4.40. The van der Waals surface area contributed by atoms with Gasteiger partial charge in [-0.1, -0.05) is 23.7 Å². The third-order valence-corrected chi connectivity index (χ3v) is 2.09. The molecule has 2 nitrogen and oxygen atoms in total. The SMILES string of the molecule is COCC(=O)c1c(C)cccc1Cl. The van der Waals surface area contributed by atoms with Crippen LogP contribution in [0.4, 0.5) is 0 Å². The van der Waals surface area contributed by atoms with E-state index in [2.05, 4.69) is 0 Å². The molecule has 0 bridgehead atoms. The number of benzene rings is 1. The number of rotatable bonds is 3. The first-order chi connectivity index (χ1) is 6.16. The Hall–Kier alpha value is -0.860. The monoisotopic (exact) mass is 198 g/mol. The highest BCUT2D eigenvalue weighted by atomic mass is 35.5. The van der Waals surface area contributed by atoms with Gasteiger partial charge in [-0.3, -0.25) is 4.79 Å². The molecule has 70 valence electrons. The second-order valence-corrected chi connectivity index (χ2v) is 3.20. The Balaban J connectivity index is 3.05. The number of halogens is 1. The molecule has 0 saturated carbocycles. The number of Topliss-reactive ketones (excluding diaryl/α,β-unsaturated/α-hetero) is 1. The number of carbonyl (C=O) groups excluding carboxylic acids is 1. The summed E-state index contributed by atoms with van der Waals surface area (Å²) in [7, 11) is 1.49. The van der Waals surface area contributed by atoms with Crippen molar-refractivity contribution in [3.8, 4) is 0 Å². The van der Waals surface area contributed by atoms with Crippen LogP contribution in [0.25, 0.3) is 0 Å². The van der Waals surface area contributed by atoms with Crippen LogP contribution in [0.1, 0.15) is 15.9 Å². The van der Waals surface area contributed by atoms with E-state index in [-0.39, 0.29) is 12.4 Å². The summed E-state index contributed by atoms with van der Waals surface area (Å²) in [6, 6.07) is 5.38. The summed E-state index contributed by atoms with van der Waals surface area (Å²) in [4.78, 5) is 11.5. The Morgan fingerprint density at radius 3 is 2.77 bits per heavy atom. The predicted octanol–water partition coefficient (Wildman–Crippen LogP) is 2.48. The minimum absolute atomic E-state index is 0.0740. The Kier molecular flexibility index (Phi) is 3.46. The van der Waals surface area contributed by atoms with Crippen LogP contribution in [-0.2, 0) is 4.74 Å². The van der Waals surface area contributed by atoms with Crippen molar-refractivity contribution in [3.63, 3.8) is 0 Å². The van der Waals surface area contributed by atoms with Crippen molar-refractivity contribution in [2.75, 3.05) is 13.7 Å². The van der Waals surface area contributed by atoms with Crippen molar-refractivity contribution in [1.29, 1.82) is 0 Å². The summed E-state index contributed by atoms with van der Waals surface area (Å²) in [5.41, 5.74) is 1.44. The number of hydrogen-bond donors (Lipinski definition) is 0. The molecule has 0 radical (unpaired) electrons. The van der Waals surface area contributed by atoms with Gasteiger partial charge in [-0.05, 0) is 18.6 Å². The average molecular weight is 199 g/mol. The molecule has 0 aliphatic carbocycles. The Morgan fingerprint density at radius 2 is 2.23 bits per heavy atom. The highest BCUT2D eigenvalue weighted by Gasteiger charge is 2.11. The average Bonchev–Trinajstić information content (AvgIpc) is 2.04. The quantitative estimate of drug-likeness (QED) is 0.698. The molecule has 1 rings (SSSR count). The van der Waals surface area contributed by atoms with Gasteiger partial charge in [0.1, 0.15) is 6.61 Å². The molecule has 0 aliphatic rings. The standard InChI is InChI=1S/C10H11ClO2/c1-7-4-3-5-8(11)10(7)9(12)6-13-2/h3-5H,6H2,1-2H3. The molecule has 0 spiro atoms. The lowest BCUT2D eigenvalue weighted by Crippen LogP contribution is -2.09. The topological polar surface area (TPSA) is 26.3 Å². The molecule has 13 heavy (non-hydrogen) atoms. The number of hydrogen-bond acceptors (Lipinski definition) is 2. The van der Waals surface area contributed by atoms with Gasteiger partial charge in [-0.15, -0.1) is 0 Å². The smallest absolute Gasteiger partial charge is 0.190 e. The summed E-state index contributed by atoms with van der Waals surface area (Å²) in [5.74, 6) is -0.0781. The minimum atomic E-state index is -0.0781. The maximum Gasteiger partial charge on any atom is 0.190 e. The van der Waals surface area contributed by atoms with Gasteiger partial charge in [0.05, 0.1) is 5.02 Å². The Labute approximate surface area is 82.5 Å². The lowest BCUT2D eigenvalue weighted by Gasteiger charge is -2.05. The molecule has 3 heteroatoms. The molecule has 0 N–H and O–H groups in total. The van der Waals surface area contributed by atoms with Gasteiger partial charge in [-0.25, -0.2) is 0 Å². The molecular weight excluding hydrogens is 188 g/mol. The summed E-state index contributed by atoms with van der Waals surface area (Å²) in [6.45, 7) is 1.93. The van der Waals surface area contributed by atoms with Gasteiger partial charge >= 0.3 is 0 Å². The maximum atomic E-state index is 11.5. The predicted molar refractivity (Wildman–Crippen MR) is 52.4 cm³/mol. The number of aryl methyl sites for hydroxylation is 1. The maximum absolute atomic E-state index is 11.5. The summed E-state index contributed by atoms with van der Waals surface area (Å²) in [5, 5.41) is 0.488. The highest BCUT2D eigenvalue weighted by molar-refractivity contribution is 6.34. The van der Waals surface area contributed by atoms with Crippen LogP contribution < -0.4 is 0 Å². The lowest BCUT2D eigenvalue weighted by molar-refractivity contribution is 0.0847. The number of carbonyl (C=O) groups is 1. The normalized spacial score (nSPS) is 10.1. The molecule has 0 aromatic heterocycles. The largest absolute Gasteiger partial charge is 0.377 e. The first-order valence-electron chi connectivity index (χ1n) is 3.94. The zero-order chi connectivity index (χ0) is 9.84. The van der Waals surface area contributed by atoms with E-state index in [1.807, 2.05) is 19.1 Å². The van der Waals surface area contributed by atoms with E-state index in [0.29, 0.717) is 10.6 Å². The van der Waals surface area contributed by atoms with Gasteiger partial charge < -0.3 is 4.74 Å². The van der Waals surface area contributed by atoms with Gasteiger partial charge in [0.25, 0.3) is 0 Å². The molecule has 0 heterocycles. The van der Waals surface area contributed by atoms with E-state index in [1.165, 1.54) is 7.11 Å². The zero-order valence-electron chi connectivity index (χ0n) is 7.63. The Morgan fingerprint density at radius 1 is 1.54 bits per heavy atom.